The number of hydrogen-bond acceptors (Lipinski definition) is 7. The van der Waals surface area contributed by atoms with E-state index in [1.165, 1.54) is 0 Å². The van der Waals surface area contributed by atoms with E-state index in [0.29, 0.717) is 35.7 Å². The number of aryl methyl sites for hydroxylation is 1. The number of rotatable bonds is 8. The van der Waals surface area contributed by atoms with Crippen LogP contribution in [0.2, 0.25) is 0 Å². The van der Waals surface area contributed by atoms with Crippen LogP contribution in [-0.4, -0.2) is 34.8 Å². The number of alkyl carbamates (subject to hydrolysis) is 1. The van der Waals surface area contributed by atoms with Gasteiger partial charge >= 0.3 is 6.09 Å². The topological polar surface area (TPSA) is 98.5 Å². The largest absolute Gasteiger partial charge is 0.489 e. The van der Waals surface area contributed by atoms with Crippen LogP contribution in [0.25, 0.3) is 11.1 Å². The number of pyridine rings is 1. The molecule has 0 saturated heterocycles. The molecule has 2 aromatic heterocycles. The van der Waals surface area contributed by atoms with E-state index >= 15 is 0 Å². The van der Waals surface area contributed by atoms with Crippen molar-refractivity contribution in [2.45, 2.75) is 39.8 Å². The quantitative estimate of drug-likeness (QED) is 0.512. The van der Waals surface area contributed by atoms with Gasteiger partial charge in [-0.1, -0.05) is 6.07 Å². The van der Waals surface area contributed by atoms with Gasteiger partial charge in [-0.15, -0.1) is 0 Å². The van der Waals surface area contributed by atoms with Crippen LogP contribution < -0.4 is 15.4 Å². The van der Waals surface area contributed by atoms with E-state index in [2.05, 4.69) is 20.6 Å². The number of benzene rings is 1. The van der Waals surface area contributed by atoms with Gasteiger partial charge in [-0.3, -0.25) is 4.98 Å². The predicted octanol–water partition coefficient (Wildman–Crippen LogP) is 4.90. The van der Waals surface area contributed by atoms with E-state index in [1.807, 2.05) is 19.1 Å². The SMILES string of the molecule is Cc1ccc(CNc2nc3ccc(OC/C(=C\F)CNC(=O)OC(C)(C)C)cc3o2)cn1. The lowest BCUT2D eigenvalue weighted by molar-refractivity contribution is 0.0531. The van der Waals surface area contributed by atoms with Crippen LogP contribution in [0.15, 0.2) is 52.8 Å². The van der Waals surface area contributed by atoms with Crippen molar-refractivity contribution >= 4 is 23.2 Å². The molecular weight excluding hydrogens is 415 g/mol. The summed E-state index contributed by atoms with van der Waals surface area (Å²) >= 11 is 0. The molecule has 170 valence electrons. The summed E-state index contributed by atoms with van der Waals surface area (Å²) in [4.78, 5) is 20.4. The molecule has 3 rings (SSSR count). The Kier molecular flexibility index (Phi) is 7.29. The third kappa shape index (κ3) is 6.97. The highest BCUT2D eigenvalue weighted by molar-refractivity contribution is 5.76. The molecule has 1 aromatic carbocycles. The number of aromatic nitrogens is 2. The van der Waals surface area contributed by atoms with Crippen molar-refractivity contribution in [1.82, 2.24) is 15.3 Å². The number of hydrogen-bond donors (Lipinski definition) is 2. The lowest BCUT2D eigenvalue weighted by Gasteiger charge is -2.20. The van der Waals surface area contributed by atoms with Gasteiger partial charge < -0.3 is 24.5 Å². The first kappa shape index (κ1) is 23.1. The van der Waals surface area contributed by atoms with Gasteiger partial charge in [0.15, 0.2) is 5.58 Å². The highest BCUT2D eigenvalue weighted by Crippen LogP contribution is 2.24. The fourth-order valence-corrected chi connectivity index (χ4v) is 2.65. The molecule has 32 heavy (non-hydrogen) atoms. The van der Waals surface area contributed by atoms with Gasteiger partial charge in [-0.25, -0.2) is 9.18 Å². The minimum Gasteiger partial charge on any atom is -0.489 e. The minimum absolute atomic E-state index is 0.0299. The van der Waals surface area contributed by atoms with Crippen molar-refractivity contribution in [2.75, 3.05) is 18.5 Å². The number of nitrogens with zero attached hydrogens (tertiary/aromatic N) is 2. The van der Waals surface area contributed by atoms with Crippen LogP contribution in [0.5, 0.6) is 5.75 Å². The molecular formula is C23H27FN4O4. The molecule has 1 amide bonds. The maximum Gasteiger partial charge on any atom is 0.407 e. The lowest BCUT2D eigenvalue weighted by Crippen LogP contribution is -2.34. The second-order valence-corrected chi connectivity index (χ2v) is 8.22. The van der Waals surface area contributed by atoms with Gasteiger partial charge in [0, 0.05) is 36.6 Å². The zero-order valence-electron chi connectivity index (χ0n) is 18.6. The summed E-state index contributed by atoms with van der Waals surface area (Å²) in [5.74, 6) is 0.486. The maximum atomic E-state index is 13.2. The normalized spacial score (nSPS) is 12.0. The fraction of sp³-hybridized carbons (Fsp3) is 0.348. The van der Waals surface area contributed by atoms with Crippen LogP contribution in [-0.2, 0) is 11.3 Å². The number of halogens is 1. The summed E-state index contributed by atoms with van der Waals surface area (Å²) in [5, 5.41) is 5.62. The van der Waals surface area contributed by atoms with Crippen molar-refractivity contribution in [2.24, 2.45) is 0 Å². The van der Waals surface area contributed by atoms with E-state index in [4.69, 9.17) is 13.9 Å². The number of amides is 1. The lowest BCUT2D eigenvalue weighted by atomic mass is 10.2. The molecule has 0 fully saturated rings. The maximum absolute atomic E-state index is 13.2. The first-order chi connectivity index (χ1) is 15.2. The van der Waals surface area contributed by atoms with Crippen LogP contribution in [0, 0.1) is 6.92 Å². The van der Waals surface area contributed by atoms with Gasteiger partial charge in [0.25, 0.3) is 6.01 Å². The number of ether oxygens (including phenoxy) is 2. The molecule has 0 atom stereocenters. The second kappa shape index (κ2) is 10.1. The summed E-state index contributed by atoms with van der Waals surface area (Å²) in [6, 6.07) is 9.45. The van der Waals surface area contributed by atoms with Gasteiger partial charge in [-0.05, 0) is 51.5 Å². The number of carbonyl (C=O) groups is 1. The zero-order valence-corrected chi connectivity index (χ0v) is 18.6. The van der Waals surface area contributed by atoms with Crippen molar-refractivity contribution < 1.29 is 23.1 Å². The monoisotopic (exact) mass is 442 g/mol. The molecule has 3 aromatic rings. The smallest absolute Gasteiger partial charge is 0.407 e. The molecule has 0 spiro atoms. The predicted molar refractivity (Wildman–Crippen MR) is 119 cm³/mol. The standard InChI is InChI=1S/C23H27FN4O4/c1-15-5-6-16(11-25-15)12-26-21-28-19-8-7-18(9-20(19)31-21)30-14-17(10-24)13-27-22(29)32-23(2,3)4/h5-11H,12-14H2,1-4H3,(H,26,28)(H,27,29)/b17-10-. The first-order valence-corrected chi connectivity index (χ1v) is 10.2. The molecule has 0 aliphatic carbocycles. The van der Waals surface area contributed by atoms with Crippen molar-refractivity contribution in [3.63, 3.8) is 0 Å². The number of fused-ring (bicyclic) bond motifs is 1. The fourth-order valence-electron chi connectivity index (χ4n) is 2.65. The van der Waals surface area contributed by atoms with Gasteiger partial charge in [-0.2, -0.15) is 4.98 Å². The van der Waals surface area contributed by atoms with Crippen LogP contribution in [0.1, 0.15) is 32.0 Å². The van der Waals surface area contributed by atoms with Gasteiger partial charge in [0.1, 0.15) is 23.5 Å². The summed E-state index contributed by atoms with van der Waals surface area (Å²) in [5.41, 5.74) is 2.78. The van der Waals surface area contributed by atoms with Crippen molar-refractivity contribution in [3.05, 3.63) is 59.7 Å². The summed E-state index contributed by atoms with van der Waals surface area (Å²) in [6.45, 7) is 7.64. The Morgan fingerprint density at radius 2 is 2.06 bits per heavy atom. The Bertz CT molecular complexity index is 1090. The number of nitrogens with one attached hydrogen (secondary N) is 2. The Balaban J connectivity index is 1.53. The molecule has 0 saturated carbocycles. The van der Waals surface area contributed by atoms with E-state index in [-0.39, 0.29) is 18.7 Å². The van der Waals surface area contributed by atoms with Crippen molar-refractivity contribution in [3.8, 4) is 5.75 Å². The van der Waals surface area contributed by atoms with E-state index in [1.54, 1.807) is 45.2 Å². The highest BCUT2D eigenvalue weighted by Gasteiger charge is 2.16. The zero-order chi connectivity index (χ0) is 23.1. The van der Waals surface area contributed by atoms with E-state index < -0.39 is 11.7 Å². The molecule has 0 aliphatic heterocycles. The molecule has 2 N–H and O–H groups in total. The van der Waals surface area contributed by atoms with E-state index in [0.717, 1.165) is 11.3 Å². The van der Waals surface area contributed by atoms with Gasteiger partial charge in [0.2, 0.25) is 0 Å². The summed E-state index contributed by atoms with van der Waals surface area (Å²) in [6.07, 6.45) is 1.58. The average molecular weight is 442 g/mol. The number of carbonyl (C=O) groups excluding carboxylic acids is 1. The Labute approximate surface area is 185 Å². The van der Waals surface area contributed by atoms with Crippen LogP contribution in [0.4, 0.5) is 15.2 Å². The van der Waals surface area contributed by atoms with Crippen molar-refractivity contribution in [1.29, 1.82) is 0 Å². The Morgan fingerprint density at radius 1 is 1.25 bits per heavy atom. The molecule has 9 heteroatoms. The summed E-state index contributed by atoms with van der Waals surface area (Å²) < 4.78 is 29.7. The Morgan fingerprint density at radius 3 is 2.75 bits per heavy atom. The summed E-state index contributed by atoms with van der Waals surface area (Å²) in [7, 11) is 0. The molecule has 0 bridgehead atoms. The molecule has 0 radical (unpaired) electrons. The molecule has 0 aliphatic rings. The highest BCUT2D eigenvalue weighted by atomic mass is 19.1. The second-order valence-electron chi connectivity index (χ2n) is 8.22. The van der Waals surface area contributed by atoms with Crippen LogP contribution >= 0.6 is 0 Å². The minimum atomic E-state index is -0.628. The molecule has 8 nitrogen and oxygen atoms in total. The van der Waals surface area contributed by atoms with Gasteiger partial charge in [0.05, 0.1) is 6.33 Å². The van der Waals surface area contributed by atoms with E-state index in [9.17, 15) is 9.18 Å². The third-order valence-electron chi connectivity index (χ3n) is 4.21. The first-order valence-electron chi connectivity index (χ1n) is 10.2. The van der Waals surface area contributed by atoms with Crippen LogP contribution in [0.3, 0.4) is 0 Å². The Hall–Kier alpha value is -3.62. The third-order valence-corrected chi connectivity index (χ3v) is 4.21. The number of anilines is 1. The molecule has 0 unspecified atom stereocenters. The average Bonchev–Trinajstić information content (AvgIpc) is 3.14. The number of oxazole rings is 1. The molecule has 2 heterocycles.